The Hall–Kier alpha value is -1.97. The Morgan fingerprint density at radius 3 is 2.60 bits per heavy atom. The Labute approximate surface area is 114 Å². The first-order valence-corrected chi connectivity index (χ1v) is 6.04. The fraction of sp³-hybridized carbons (Fsp3) is 0.300. The van der Waals surface area contributed by atoms with Crippen LogP contribution in [0.25, 0.3) is 0 Å². The van der Waals surface area contributed by atoms with Crippen molar-refractivity contribution in [3.8, 4) is 5.75 Å². The van der Waals surface area contributed by atoms with E-state index in [-0.39, 0.29) is 23.1 Å². The third-order valence-electron chi connectivity index (χ3n) is 2.01. The quantitative estimate of drug-likeness (QED) is 0.493. The van der Waals surface area contributed by atoms with Crippen LogP contribution >= 0.6 is 11.8 Å². The van der Waals surface area contributed by atoms with E-state index in [0.717, 1.165) is 18.2 Å². The van der Waals surface area contributed by atoms with Crippen LogP contribution in [0.4, 0.5) is 18.9 Å². The summed E-state index contributed by atoms with van der Waals surface area (Å²) in [6, 6.07) is 2.84. The van der Waals surface area contributed by atoms with Crippen LogP contribution in [0.3, 0.4) is 0 Å². The van der Waals surface area contributed by atoms with Gasteiger partial charge in [-0.1, -0.05) is 0 Å². The van der Waals surface area contributed by atoms with E-state index in [1.165, 1.54) is 0 Å². The maximum Gasteiger partial charge on any atom is 0.441 e. The summed E-state index contributed by atoms with van der Waals surface area (Å²) >= 11 is -0.334. The highest BCUT2D eigenvalue weighted by atomic mass is 32.2. The standard InChI is InChI=1S/C10H8F3NO5S/c11-10(12,13)20-4-3-19-8-5-6(9(15)16)1-2-7(8)14(17)18/h1-2,5H,3-4H2,(H,15,16). The van der Waals surface area contributed by atoms with Crippen LogP contribution in [0.15, 0.2) is 18.2 Å². The van der Waals surface area contributed by atoms with E-state index in [1.807, 2.05) is 0 Å². The molecule has 0 saturated carbocycles. The highest BCUT2D eigenvalue weighted by Gasteiger charge is 2.27. The van der Waals surface area contributed by atoms with E-state index in [4.69, 9.17) is 9.84 Å². The maximum absolute atomic E-state index is 11.9. The lowest BCUT2D eigenvalue weighted by Gasteiger charge is -2.08. The zero-order chi connectivity index (χ0) is 15.3. The minimum atomic E-state index is -4.42. The lowest BCUT2D eigenvalue weighted by molar-refractivity contribution is -0.385. The third-order valence-corrected chi connectivity index (χ3v) is 2.71. The molecular formula is C10H8F3NO5S. The Morgan fingerprint density at radius 1 is 1.45 bits per heavy atom. The molecule has 1 rings (SSSR count). The lowest BCUT2D eigenvalue weighted by Crippen LogP contribution is -2.09. The number of rotatable bonds is 6. The first kappa shape index (κ1) is 16.1. The number of benzene rings is 1. The van der Waals surface area contributed by atoms with Gasteiger partial charge in [-0.2, -0.15) is 13.2 Å². The summed E-state index contributed by atoms with van der Waals surface area (Å²) in [4.78, 5) is 20.6. The van der Waals surface area contributed by atoms with Crippen LogP contribution < -0.4 is 4.74 Å². The van der Waals surface area contributed by atoms with E-state index in [1.54, 1.807) is 0 Å². The second-order valence-corrected chi connectivity index (χ2v) is 4.55. The number of hydrogen-bond donors (Lipinski definition) is 1. The summed E-state index contributed by atoms with van der Waals surface area (Å²) < 4.78 is 40.5. The van der Waals surface area contributed by atoms with Crippen molar-refractivity contribution in [2.45, 2.75) is 5.51 Å². The van der Waals surface area contributed by atoms with Crippen molar-refractivity contribution in [1.29, 1.82) is 0 Å². The van der Waals surface area contributed by atoms with Gasteiger partial charge in [-0.3, -0.25) is 10.1 Å². The van der Waals surface area contributed by atoms with E-state index in [2.05, 4.69) is 0 Å². The van der Waals surface area contributed by atoms with E-state index in [0.29, 0.717) is 0 Å². The molecule has 0 spiro atoms. The number of alkyl halides is 3. The molecule has 0 aliphatic rings. The summed E-state index contributed by atoms with van der Waals surface area (Å²) in [5, 5.41) is 19.4. The van der Waals surface area contributed by atoms with Gasteiger partial charge in [-0.25, -0.2) is 4.79 Å². The molecule has 1 N–H and O–H groups in total. The van der Waals surface area contributed by atoms with Crippen molar-refractivity contribution in [3.63, 3.8) is 0 Å². The molecule has 0 aliphatic heterocycles. The number of nitro benzene ring substituents is 1. The summed E-state index contributed by atoms with van der Waals surface area (Å²) in [6.07, 6.45) is 0. The van der Waals surface area contributed by atoms with Crippen LogP contribution in [0, 0.1) is 10.1 Å². The number of aromatic carboxylic acids is 1. The predicted octanol–water partition coefficient (Wildman–Crippen LogP) is 2.92. The second-order valence-electron chi connectivity index (χ2n) is 3.39. The van der Waals surface area contributed by atoms with E-state index < -0.39 is 34.4 Å². The van der Waals surface area contributed by atoms with Gasteiger partial charge in [-0.15, -0.1) is 0 Å². The molecule has 0 aromatic heterocycles. The minimum absolute atomic E-state index is 0.255. The van der Waals surface area contributed by atoms with Gasteiger partial charge in [0.15, 0.2) is 5.75 Å². The average molecular weight is 311 g/mol. The number of nitro groups is 1. The Morgan fingerprint density at radius 2 is 2.10 bits per heavy atom. The van der Waals surface area contributed by atoms with Gasteiger partial charge in [-0.05, 0) is 17.8 Å². The van der Waals surface area contributed by atoms with Gasteiger partial charge in [0.25, 0.3) is 0 Å². The van der Waals surface area contributed by atoms with Crippen LogP contribution in [0.2, 0.25) is 0 Å². The number of carbonyl (C=O) groups is 1. The maximum atomic E-state index is 11.9. The van der Waals surface area contributed by atoms with Gasteiger partial charge < -0.3 is 9.84 Å². The van der Waals surface area contributed by atoms with Crippen LogP contribution in [-0.4, -0.2) is 33.9 Å². The van der Waals surface area contributed by atoms with Gasteiger partial charge >= 0.3 is 17.2 Å². The normalized spacial score (nSPS) is 11.2. The summed E-state index contributed by atoms with van der Waals surface area (Å²) in [5.74, 6) is -2.16. The number of carboxylic acid groups (broad SMARTS) is 1. The predicted molar refractivity (Wildman–Crippen MR) is 64.1 cm³/mol. The summed E-state index contributed by atoms with van der Waals surface area (Å²) in [6.45, 7) is -0.436. The summed E-state index contributed by atoms with van der Waals surface area (Å²) in [5.41, 5.74) is -5.18. The van der Waals surface area contributed by atoms with Gasteiger partial charge in [0.2, 0.25) is 0 Å². The summed E-state index contributed by atoms with van der Waals surface area (Å²) in [7, 11) is 0. The van der Waals surface area contributed by atoms with E-state index in [9.17, 15) is 28.1 Å². The number of ether oxygens (including phenoxy) is 1. The molecule has 0 bridgehead atoms. The lowest BCUT2D eigenvalue weighted by atomic mass is 10.2. The number of carboxylic acids is 1. The van der Waals surface area contributed by atoms with Crippen molar-refractivity contribution in [1.82, 2.24) is 0 Å². The van der Waals surface area contributed by atoms with Crippen LogP contribution in [-0.2, 0) is 0 Å². The largest absolute Gasteiger partial charge is 0.486 e. The Bertz CT molecular complexity index is 520. The number of hydrogen-bond acceptors (Lipinski definition) is 5. The molecule has 0 aliphatic carbocycles. The first-order valence-electron chi connectivity index (χ1n) is 5.06. The molecule has 0 amide bonds. The molecule has 0 saturated heterocycles. The number of thioether (sulfide) groups is 1. The van der Waals surface area contributed by atoms with Crippen LogP contribution in [0.5, 0.6) is 5.75 Å². The smallest absolute Gasteiger partial charge is 0.441 e. The molecule has 0 heterocycles. The van der Waals surface area contributed by atoms with Crippen molar-refractivity contribution >= 4 is 23.4 Å². The number of halogens is 3. The van der Waals surface area contributed by atoms with Crippen molar-refractivity contribution in [2.75, 3.05) is 12.4 Å². The van der Waals surface area contributed by atoms with Gasteiger partial charge in [0, 0.05) is 17.9 Å². The minimum Gasteiger partial charge on any atom is -0.486 e. The molecule has 0 unspecified atom stereocenters. The topological polar surface area (TPSA) is 89.7 Å². The van der Waals surface area contributed by atoms with Crippen LogP contribution in [0.1, 0.15) is 10.4 Å². The Kier molecular flexibility index (Phi) is 5.19. The van der Waals surface area contributed by atoms with Gasteiger partial charge in [0.1, 0.15) is 0 Å². The SMILES string of the molecule is O=C(O)c1ccc([N+](=O)[O-])c(OCCSC(F)(F)F)c1. The van der Waals surface area contributed by atoms with Crippen molar-refractivity contribution in [2.24, 2.45) is 0 Å². The van der Waals surface area contributed by atoms with E-state index >= 15 is 0 Å². The zero-order valence-electron chi connectivity index (χ0n) is 9.72. The van der Waals surface area contributed by atoms with Crippen molar-refractivity contribution in [3.05, 3.63) is 33.9 Å². The molecule has 110 valence electrons. The molecule has 0 fully saturated rings. The molecule has 6 nitrogen and oxygen atoms in total. The molecule has 20 heavy (non-hydrogen) atoms. The fourth-order valence-corrected chi connectivity index (χ4v) is 1.62. The number of nitrogens with zero attached hydrogens (tertiary/aromatic N) is 1. The molecular weight excluding hydrogens is 303 g/mol. The molecule has 1 aromatic carbocycles. The zero-order valence-corrected chi connectivity index (χ0v) is 10.5. The average Bonchev–Trinajstić information content (AvgIpc) is 2.33. The van der Waals surface area contributed by atoms with Gasteiger partial charge in [0.05, 0.1) is 17.1 Å². The molecule has 0 atom stereocenters. The highest BCUT2D eigenvalue weighted by Crippen LogP contribution is 2.31. The monoisotopic (exact) mass is 311 g/mol. The van der Waals surface area contributed by atoms with Crippen molar-refractivity contribution < 1.29 is 32.7 Å². The first-order chi connectivity index (χ1) is 9.20. The molecule has 1 aromatic rings. The fourth-order valence-electron chi connectivity index (χ4n) is 1.22. The molecule has 0 radical (unpaired) electrons. The Balaban J connectivity index is 2.78. The third kappa shape index (κ3) is 4.96. The second kappa shape index (κ2) is 6.46. The highest BCUT2D eigenvalue weighted by molar-refractivity contribution is 8.00. The molecule has 10 heteroatoms.